The fraction of sp³-hybridized carbons (Fsp3) is 0.765. The van der Waals surface area contributed by atoms with E-state index in [9.17, 15) is 43.2 Å². The van der Waals surface area contributed by atoms with Gasteiger partial charge in [0.15, 0.2) is 12.2 Å². The van der Waals surface area contributed by atoms with Gasteiger partial charge in [-0.25, -0.2) is 9.13 Å². The van der Waals surface area contributed by atoms with Crippen LogP contribution in [-0.2, 0) is 65.4 Å². The van der Waals surface area contributed by atoms with E-state index >= 15 is 0 Å². The highest BCUT2D eigenvalue weighted by Crippen LogP contribution is 2.45. The third-order valence-corrected chi connectivity index (χ3v) is 19.4. The average Bonchev–Trinajstić information content (AvgIpc) is 0.918. The molecule has 0 aromatic carbocycles. The van der Waals surface area contributed by atoms with E-state index < -0.39 is 97.5 Å². The van der Waals surface area contributed by atoms with Crippen molar-refractivity contribution in [2.75, 3.05) is 39.6 Å². The van der Waals surface area contributed by atoms with E-state index in [1.165, 1.54) is 96.3 Å². The van der Waals surface area contributed by atoms with E-state index in [1.54, 1.807) is 0 Å². The van der Waals surface area contributed by atoms with Crippen LogP contribution < -0.4 is 0 Å². The second kappa shape index (κ2) is 77.1. The normalized spacial score (nSPS) is 14.3. The van der Waals surface area contributed by atoms with Gasteiger partial charge in [-0.15, -0.1) is 0 Å². The number of rotatable bonds is 78. The van der Waals surface area contributed by atoms with Crippen molar-refractivity contribution in [2.45, 2.75) is 380 Å². The second-order valence-electron chi connectivity index (χ2n) is 27.7. The molecule has 0 spiro atoms. The van der Waals surface area contributed by atoms with Crippen LogP contribution in [0.25, 0.3) is 0 Å². The number of hydrogen-bond donors (Lipinski definition) is 3. The summed E-state index contributed by atoms with van der Waals surface area (Å²) in [6.45, 7) is 4.79. The number of esters is 4. The van der Waals surface area contributed by atoms with Gasteiger partial charge in [0, 0.05) is 25.7 Å². The minimum absolute atomic E-state index is 0.0762. The van der Waals surface area contributed by atoms with Gasteiger partial charge >= 0.3 is 39.5 Å². The molecule has 0 saturated heterocycles. The van der Waals surface area contributed by atoms with Gasteiger partial charge in [-0.05, 0) is 154 Å². The minimum Gasteiger partial charge on any atom is -0.462 e. The van der Waals surface area contributed by atoms with E-state index in [1.807, 2.05) is 0 Å². The van der Waals surface area contributed by atoms with Gasteiger partial charge in [0.05, 0.1) is 26.4 Å². The summed E-state index contributed by atoms with van der Waals surface area (Å²) in [5, 5.41) is 10.7. The molecule has 5 unspecified atom stereocenters. The maximum Gasteiger partial charge on any atom is 0.472 e. The van der Waals surface area contributed by atoms with Gasteiger partial charge in [0.2, 0.25) is 0 Å². The zero-order chi connectivity index (χ0) is 76.0. The van der Waals surface area contributed by atoms with E-state index in [0.717, 1.165) is 186 Å². The molecule has 602 valence electrons. The molecule has 0 rings (SSSR count). The van der Waals surface area contributed by atoms with Crippen molar-refractivity contribution in [3.05, 3.63) is 97.2 Å². The van der Waals surface area contributed by atoms with E-state index in [-0.39, 0.29) is 25.7 Å². The molecule has 0 amide bonds. The Morgan fingerprint density at radius 1 is 0.269 bits per heavy atom. The Morgan fingerprint density at radius 3 is 0.750 bits per heavy atom. The van der Waals surface area contributed by atoms with Crippen LogP contribution in [0.5, 0.6) is 0 Å². The SMILES string of the molecule is CCCCC/C=C\C/C=C\C/C=C\CCCCCCCCC(=O)OCC(COP(=O)(O)OCC(O)COP(=O)(O)OCC(COC(=O)CCCCCCC/C=C\C/C=C\CCCCC)OC(=O)CCCCCCC/C=C\C/C=C\CCCCC)OC(=O)CCCCCCC/C=C\CCCCCCCC. The molecular formula is C85H150O17P2. The molecule has 0 aromatic heterocycles. The number of aliphatic hydroxyl groups excluding tert-OH is 1. The maximum absolute atomic E-state index is 13.1. The number of allylic oxidation sites excluding steroid dienone is 16. The van der Waals surface area contributed by atoms with Crippen LogP contribution in [0.1, 0.15) is 362 Å². The molecule has 104 heavy (non-hydrogen) atoms. The highest BCUT2D eigenvalue weighted by atomic mass is 31.2. The Morgan fingerprint density at radius 2 is 0.471 bits per heavy atom. The Kier molecular flexibility index (Phi) is 74.2. The molecule has 17 nitrogen and oxygen atoms in total. The van der Waals surface area contributed by atoms with Crippen LogP contribution >= 0.6 is 15.6 Å². The third-order valence-electron chi connectivity index (χ3n) is 17.5. The molecular weight excluding hydrogens is 1350 g/mol. The average molecular weight is 1510 g/mol. The first-order valence-corrected chi connectivity index (χ1v) is 44.5. The molecule has 0 aliphatic heterocycles. The van der Waals surface area contributed by atoms with Crippen molar-refractivity contribution in [1.29, 1.82) is 0 Å². The summed E-state index contributed by atoms with van der Waals surface area (Å²) < 4.78 is 68.7. The highest BCUT2D eigenvalue weighted by molar-refractivity contribution is 7.47. The summed E-state index contributed by atoms with van der Waals surface area (Å²) in [6.07, 6.45) is 82.2. The summed E-state index contributed by atoms with van der Waals surface area (Å²) in [7, 11) is -9.97. The Hall–Kier alpha value is -4.02. The van der Waals surface area contributed by atoms with Crippen molar-refractivity contribution >= 4 is 39.5 Å². The number of hydrogen-bond acceptors (Lipinski definition) is 15. The van der Waals surface area contributed by atoms with Gasteiger partial charge in [0.1, 0.15) is 19.3 Å². The first kappa shape index (κ1) is 100.0. The van der Waals surface area contributed by atoms with Gasteiger partial charge < -0.3 is 33.8 Å². The highest BCUT2D eigenvalue weighted by Gasteiger charge is 2.30. The fourth-order valence-corrected chi connectivity index (χ4v) is 12.7. The topological polar surface area (TPSA) is 237 Å². The van der Waals surface area contributed by atoms with E-state index in [0.29, 0.717) is 25.7 Å². The van der Waals surface area contributed by atoms with Crippen LogP contribution in [-0.4, -0.2) is 96.7 Å². The first-order valence-electron chi connectivity index (χ1n) is 41.5. The quantitative estimate of drug-likeness (QED) is 0.0169. The first-order chi connectivity index (χ1) is 50.7. The molecule has 0 heterocycles. The number of phosphoric acid groups is 2. The smallest absolute Gasteiger partial charge is 0.462 e. The molecule has 3 N–H and O–H groups in total. The third kappa shape index (κ3) is 76.2. The lowest BCUT2D eigenvalue weighted by Gasteiger charge is -2.21. The molecule has 0 aliphatic carbocycles. The standard InChI is InChI=1S/C85H150O17P2/c1-5-9-13-17-21-25-29-33-37-38-39-40-44-46-50-54-58-62-66-70-83(88)96-76-81(102-85(90)72-68-64-60-56-52-48-43-36-32-28-24-20-16-12-8-4)78-100-104(93,94)98-74-79(86)73-97-103(91,92)99-77-80(101-84(89)71-67-63-59-55-51-47-42-35-31-27-23-19-15-11-7-3)75-95-82(87)69-65-61-57-53-49-45-41-34-30-26-22-18-14-10-6-2/h21-23,25-27,33-37,39-43,79-81,86H,5-20,24,28-32,38,44-78H2,1-4H3,(H,91,92)(H,93,94)/b25-21-,26-22-,27-23-,37-33-,40-39-,41-34-,42-35-,43-36-. The molecule has 19 heteroatoms. The van der Waals surface area contributed by atoms with Gasteiger partial charge in [-0.3, -0.25) is 37.3 Å². The lowest BCUT2D eigenvalue weighted by Crippen LogP contribution is -2.30. The van der Waals surface area contributed by atoms with Crippen LogP contribution in [0, 0.1) is 0 Å². The van der Waals surface area contributed by atoms with Crippen molar-refractivity contribution < 1.29 is 80.2 Å². The number of phosphoric ester groups is 2. The zero-order valence-electron chi connectivity index (χ0n) is 65.9. The number of carbonyl (C=O) groups excluding carboxylic acids is 4. The summed E-state index contributed by atoms with van der Waals surface area (Å²) in [5.74, 6) is -2.21. The molecule has 0 bridgehead atoms. The van der Waals surface area contributed by atoms with Gasteiger partial charge in [-0.2, -0.15) is 0 Å². The molecule has 0 saturated carbocycles. The lowest BCUT2D eigenvalue weighted by molar-refractivity contribution is -0.161. The van der Waals surface area contributed by atoms with Crippen molar-refractivity contribution in [3.8, 4) is 0 Å². The van der Waals surface area contributed by atoms with Gasteiger partial charge in [0.25, 0.3) is 0 Å². The zero-order valence-corrected chi connectivity index (χ0v) is 67.7. The number of unbranched alkanes of at least 4 members (excludes halogenated alkanes) is 36. The van der Waals surface area contributed by atoms with Crippen LogP contribution in [0.15, 0.2) is 97.2 Å². The molecule has 0 radical (unpaired) electrons. The molecule has 5 atom stereocenters. The molecule has 0 aromatic rings. The number of ether oxygens (including phenoxy) is 4. The van der Waals surface area contributed by atoms with Gasteiger partial charge in [-0.1, -0.05) is 279 Å². The van der Waals surface area contributed by atoms with E-state index in [2.05, 4.69) is 125 Å². The minimum atomic E-state index is -4.98. The predicted octanol–water partition coefficient (Wildman–Crippen LogP) is 24.3. The monoisotopic (exact) mass is 1510 g/mol. The predicted molar refractivity (Wildman–Crippen MR) is 427 cm³/mol. The van der Waals surface area contributed by atoms with Crippen LogP contribution in [0.3, 0.4) is 0 Å². The van der Waals surface area contributed by atoms with E-state index in [4.69, 9.17) is 37.0 Å². The Bertz CT molecular complexity index is 2350. The summed E-state index contributed by atoms with van der Waals surface area (Å²) in [6, 6.07) is 0. The molecule has 0 aliphatic rings. The maximum atomic E-state index is 13.1. The van der Waals surface area contributed by atoms with Crippen molar-refractivity contribution in [2.24, 2.45) is 0 Å². The largest absolute Gasteiger partial charge is 0.472 e. The van der Waals surface area contributed by atoms with Crippen LogP contribution in [0.4, 0.5) is 0 Å². The van der Waals surface area contributed by atoms with Crippen molar-refractivity contribution in [3.63, 3.8) is 0 Å². The summed E-state index contributed by atoms with van der Waals surface area (Å²) in [5.41, 5.74) is 0. The fourth-order valence-electron chi connectivity index (χ4n) is 11.1. The van der Waals surface area contributed by atoms with Crippen molar-refractivity contribution in [1.82, 2.24) is 0 Å². The lowest BCUT2D eigenvalue weighted by atomic mass is 10.1. The van der Waals surface area contributed by atoms with Crippen LogP contribution in [0.2, 0.25) is 0 Å². The second-order valence-corrected chi connectivity index (χ2v) is 30.6. The number of carbonyl (C=O) groups is 4. The summed E-state index contributed by atoms with van der Waals surface area (Å²) in [4.78, 5) is 73.1. The Balaban J connectivity index is 5.38. The number of aliphatic hydroxyl groups is 1. The molecule has 0 fully saturated rings. The Labute approximate surface area is 633 Å². The summed E-state index contributed by atoms with van der Waals surface area (Å²) >= 11 is 0.